The molecular formula is C10H18N2. The highest BCUT2D eigenvalue weighted by Crippen LogP contribution is 1.93. The Balaban J connectivity index is 0.000000451. The molecule has 68 valence electrons. The molecule has 0 bridgehead atoms. The fraction of sp³-hybridized carbons (Fsp3) is 0.500. The topological polar surface area (TPSA) is 28.7 Å². The zero-order chi connectivity index (χ0) is 8.97. The van der Waals surface area contributed by atoms with Gasteiger partial charge in [0.1, 0.15) is 5.82 Å². The first kappa shape index (κ1) is 9.04. The molecule has 2 rings (SSSR count). The molecule has 0 fully saturated rings. The second-order valence-electron chi connectivity index (χ2n) is 2.61. The van der Waals surface area contributed by atoms with Gasteiger partial charge >= 0.3 is 0 Å². The van der Waals surface area contributed by atoms with Crippen molar-refractivity contribution >= 4 is 12.2 Å². The molecule has 1 heterocycles. The lowest BCUT2D eigenvalue weighted by molar-refractivity contribution is 1.09. The van der Waals surface area contributed by atoms with E-state index < -0.39 is 0 Å². The number of fused-ring (bicyclic) bond motifs is 1. The Bertz CT molecular complexity index is 318. The first-order valence-electron chi connectivity index (χ1n) is 4.59. The third-order valence-electron chi connectivity index (χ3n) is 1.73. The van der Waals surface area contributed by atoms with Crippen LogP contribution < -0.4 is 10.7 Å². The van der Waals surface area contributed by atoms with Crippen molar-refractivity contribution in [1.82, 2.24) is 9.97 Å². The van der Waals surface area contributed by atoms with Crippen LogP contribution in [0.1, 0.15) is 33.9 Å². The molecule has 2 heteroatoms. The molecule has 0 aliphatic heterocycles. The number of aromatic amines is 1. The normalized spacial score (nSPS) is 13.2. The lowest BCUT2D eigenvalue weighted by Gasteiger charge is -1.89. The van der Waals surface area contributed by atoms with Crippen LogP contribution in [-0.4, -0.2) is 9.97 Å². The second-order valence-corrected chi connectivity index (χ2v) is 2.61. The second kappa shape index (κ2) is 4.10. The van der Waals surface area contributed by atoms with E-state index in [9.17, 15) is 0 Å². The van der Waals surface area contributed by atoms with Crippen molar-refractivity contribution in [3.63, 3.8) is 0 Å². The molecule has 1 N–H and O–H groups in total. The molecule has 1 aliphatic carbocycles. The van der Waals surface area contributed by atoms with Gasteiger partial charge in [-0.05, 0) is 19.8 Å². The van der Waals surface area contributed by atoms with Gasteiger partial charge in [-0.15, -0.1) is 0 Å². The number of rotatable bonds is 0. The van der Waals surface area contributed by atoms with Crippen molar-refractivity contribution in [3.05, 3.63) is 16.5 Å². The van der Waals surface area contributed by atoms with Crippen LogP contribution in [0.15, 0.2) is 0 Å². The molecule has 0 radical (unpaired) electrons. The minimum Gasteiger partial charge on any atom is -0.342 e. The van der Waals surface area contributed by atoms with Gasteiger partial charge in [-0.2, -0.15) is 0 Å². The zero-order valence-electron chi connectivity index (χ0n) is 8.02. The largest absolute Gasteiger partial charge is 0.342 e. The van der Waals surface area contributed by atoms with Gasteiger partial charge < -0.3 is 4.98 Å². The molecule has 0 spiro atoms. The van der Waals surface area contributed by atoms with Crippen molar-refractivity contribution in [2.45, 2.75) is 33.6 Å². The van der Waals surface area contributed by atoms with E-state index in [2.05, 4.69) is 22.1 Å². The van der Waals surface area contributed by atoms with Crippen LogP contribution in [0, 0.1) is 6.92 Å². The summed E-state index contributed by atoms with van der Waals surface area (Å²) >= 11 is 0. The molecule has 0 saturated heterocycles. The first-order valence-corrected chi connectivity index (χ1v) is 4.59. The van der Waals surface area contributed by atoms with E-state index in [1.807, 2.05) is 20.8 Å². The molecule has 0 atom stereocenters. The predicted molar refractivity (Wildman–Crippen MR) is 54.2 cm³/mol. The fourth-order valence-corrected chi connectivity index (χ4v) is 1.29. The van der Waals surface area contributed by atoms with E-state index in [1.54, 1.807) is 0 Å². The molecule has 1 aromatic heterocycles. The SMILES string of the molecule is CC.Cc1nc2c([nH]1)=CCCC=2.[HH]. The molecule has 0 amide bonds. The number of hydrogen-bond donors (Lipinski definition) is 1. The minimum atomic E-state index is 0. The summed E-state index contributed by atoms with van der Waals surface area (Å²) in [7, 11) is 0. The lowest BCUT2D eigenvalue weighted by atomic mass is 10.2. The van der Waals surface area contributed by atoms with Crippen molar-refractivity contribution in [3.8, 4) is 0 Å². The maximum absolute atomic E-state index is 4.31. The average molecular weight is 166 g/mol. The van der Waals surface area contributed by atoms with Gasteiger partial charge in [-0.1, -0.05) is 26.0 Å². The molecule has 0 unspecified atom stereocenters. The van der Waals surface area contributed by atoms with E-state index in [-0.39, 0.29) is 1.43 Å². The first-order chi connectivity index (χ1) is 5.86. The summed E-state index contributed by atoms with van der Waals surface area (Å²) in [6.07, 6.45) is 6.67. The zero-order valence-corrected chi connectivity index (χ0v) is 8.02. The Morgan fingerprint density at radius 1 is 1.33 bits per heavy atom. The van der Waals surface area contributed by atoms with Gasteiger partial charge in [0.15, 0.2) is 0 Å². The quantitative estimate of drug-likeness (QED) is 0.619. The summed E-state index contributed by atoms with van der Waals surface area (Å²) in [6.45, 7) is 5.99. The van der Waals surface area contributed by atoms with E-state index >= 15 is 0 Å². The van der Waals surface area contributed by atoms with Crippen molar-refractivity contribution in [1.29, 1.82) is 0 Å². The van der Waals surface area contributed by atoms with Crippen molar-refractivity contribution in [2.75, 3.05) is 0 Å². The monoisotopic (exact) mass is 166 g/mol. The number of imidazole rings is 1. The lowest BCUT2D eigenvalue weighted by Crippen LogP contribution is -2.26. The Kier molecular flexibility index (Phi) is 3.09. The van der Waals surface area contributed by atoms with Crippen LogP contribution in [0.25, 0.3) is 12.2 Å². The smallest absolute Gasteiger partial charge is 0.104 e. The summed E-state index contributed by atoms with van der Waals surface area (Å²) in [5.74, 6) is 1.01. The number of nitrogens with zero attached hydrogens (tertiary/aromatic N) is 1. The highest BCUT2D eigenvalue weighted by Gasteiger charge is 1.95. The third-order valence-corrected chi connectivity index (χ3v) is 1.73. The number of hydrogen-bond acceptors (Lipinski definition) is 1. The van der Waals surface area contributed by atoms with E-state index in [4.69, 9.17) is 0 Å². The van der Waals surface area contributed by atoms with Gasteiger partial charge in [0.05, 0.1) is 10.7 Å². The third kappa shape index (κ3) is 1.76. The average Bonchev–Trinajstić information content (AvgIpc) is 2.48. The van der Waals surface area contributed by atoms with Gasteiger partial charge in [-0.3, -0.25) is 0 Å². The van der Waals surface area contributed by atoms with Gasteiger partial charge in [0.25, 0.3) is 0 Å². The molecule has 0 aromatic carbocycles. The van der Waals surface area contributed by atoms with Gasteiger partial charge in [0.2, 0.25) is 0 Å². The number of aromatic nitrogens is 2. The van der Waals surface area contributed by atoms with E-state index in [1.165, 1.54) is 5.35 Å². The summed E-state index contributed by atoms with van der Waals surface area (Å²) < 4.78 is 0. The van der Waals surface area contributed by atoms with E-state index in [0.717, 1.165) is 24.0 Å². The standard InChI is InChI=1S/C8H10N2.C2H6.H2/c1-6-9-7-4-2-3-5-8(7)10-6;1-2;/h4-5H,2-3H2,1H3,(H,9,10);1-2H3;1H. The van der Waals surface area contributed by atoms with Crippen LogP contribution in [0.3, 0.4) is 0 Å². The molecule has 0 saturated carbocycles. The number of aryl methyl sites for hydroxylation is 1. The van der Waals surface area contributed by atoms with Crippen LogP contribution in [0.4, 0.5) is 0 Å². The highest BCUT2D eigenvalue weighted by atomic mass is 14.9. The Morgan fingerprint density at radius 3 is 2.67 bits per heavy atom. The maximum atomic E-state index is 4.31. The predicted octanol–water partition coefficient (Wildman–Crippen LogP) is 1.35. The van der Waals surface area contributed by atoms with Crippen LogP contribution >= 0.6 is 0 Å². The summed E-state index contributed by atoms with van der Waals surface area (Å²) in [6, 6.07) is 0. The summed E-state index contributed by atoms with van der Waals surface area (Å²) in [4.78, 5) is 7.51. The molecule has 1 aromatic rings. The van der Waals surface area contributed by atoms with Crippen molar-refractivity contribution < 1.29 is 1.43 Å². The Hall–Kier alpha value is -1.05. The number of nitrogens with one attached hydrogen (secondary N) is 1. The highest BCUT2D eigenvalue weighted by molar-refractivity contribution is 5.33. The summed E-state index contributed by atoms with van der Waals surface area (Å²) in [5, 5.41) is 2.33. The summed E-state index contributed by atoms with van der Waals surface area (Å²) in [5.41, 5.74) is 0. The van der Waals surface area contributed by atoms with E-state index in [0.29, 0.717) is 0 Å². The molecule has 12 heavy (non-hydrogen) atoms. The molecular weight excluding hydrogens is 148 g/mol. The fourth-order valence-electron chi connectivity index (χ4n) is 1.29. The Labute approximate surface area is 74.5 Å². The van der Waals surface area contributed by atoms with Gasteiger partial charge in [-0.25, -0.2) is 4.98 Å². The molecule has 1 aliphatic rings. The Morgan fingerprint density at radius 2 is 2.00 bits per heavy atom. The van der Waals surface area contributed by atoms with Crippen LogP contribution in [0.2, 0.25) is 0 Å². The maximum Gasteiger partial charge on any atom is 0.104 e. The minimum absolute atomic E-state index is 0. The van der Waals surface area contributed by atoms with Crippen LogP contribution in [-0.2, 0) is 0 Å². The van der Waals surface area contributed by atoms with Gasteiger partial charge in [0, 0.05) is 1.43 Å². The van der Waals surface area contributed by atoms with Crippen LogP contribution in [0.5, 0.6) is 0 Å². The number of H-pyrrole nitrogens is 1. The molecule has 2 nitrogen and oxygen atoms in total. The van der Waals surface area contributed by atoms with Crippen molar-refractivity contribution in [2.24, 2.45) is 0 Å².